The smallest absolute Gasteiger partial charge is 0.138 e. The van der Waals surface area contributed by atoms with Crippen molar-refractivity contribution in [1.82, 2.24) is 0 Å². The maximum absolute atomic E-state index is 9.39. The third-order valence-electron chi connectivity index (χ3n) is 5.45. The maximum atomic E-state index is 9.39. The van der Waals surface area contributed by atoms with E-state index in [4.69, 9.17) is 4.74 Å². The summed E-state index contributed by atoms with van der Waals surface area (Å²) in [5.41, 5.74) is 2.48. The monoisotopic (exact) mass is 414 g/mol. The number of allylic oxidation sites excluding steroid dienone is 1. The lowest BCUT2D eigenvalue weighted by Crippen LogP contribution is -1.98. The first-order chi connectivity index (χ1) is 15.3. The van der Waals surface area contributed by atoms with E-state index in [9.17, 15) is 10.5 Å². The highest BCUT2D eigenvalue weighted by Crippen LogP contribution is 2.28. The van der Waals surface area contributed by atoms with Crippen LogP contribution in [-0.4, -0.2) is 6.61 Å². The second-order valence-corrected chi connectivity index (χ2v) is 7.89. The molecule has 0 amide bonds. The van der Waals surface area contributed by atoms with Crippen LogP contribution in [-0.2, 0) is 0 Å². The van der Waals surface area contributed by atoms with Crippen molar-refractivity contribution in [2.24, 2.45) is 0 Å². The highest BCUT2D eigenvalue weighted by atomic mass is 16.5. The second-order valence-electron chi connectivity index (χ2n) is 7.89. The number of hydrogen-bond donors (Lipinski definition) is 0. The second kappa shape index (κ2) is 14.9. The first kappa shape index (κ1) is 24.2. The fourth-order valence-corrected chi connectivity index (χ4v) is 3.69. The van der Waals surface area contributed by atoms with Crippen molar-refractivity contribution in [2.45, 2.75) is 71.1 Å². The van der Waals surface area contributed by atoms with Crippen LogP contribution in [0.5, 0.6) is 5.75 Å². The highest BCUT2D eigenvalue weighted by Gasteiger charge is 2.12. The fourth-order valence-electron chi connectivity index (χ4n) is 3.69. The Hall–Kier alpha value is -3.04. The Balaban J connectivity index is 1.78. The molecular weight excluding hydrogens is 380 g/mol. The van der Waals surface area contributed by atoms with Crippen molar-refractivity contribution in [3.8, 4) is 17.9 Å². The van der Waals surface area contributed by atoms with E-state index in [0.717, 1.165) is 29.9 Å². The Kier molecular flexibility index (Phi) is 11.6. The van der Waals surface area contributed by atoms with Crippen LogP contribution in [0.25, 0.3) is 5.57 Å². The van der Waals surface area contributed by atoms with Gasteiger partial charge in [0.25, 0.3) is 0 Å². The average Bonchev–Trinajstić information content (AvgIpc) is 2.82. The van der Waals surface area contributed by atoms with Crippen LogP contribution in [0.15, 0.2) is 60.2 Å². The van der Waals surface area contributed by atoms with Crippen LogP contribution in [0.3, 0.4) is 0 Å². The molecule has 2 aromatic carbocycles. The van der Waals surface area contributed by atoms with Gasteiger partial charge < -0.3 is 4.74 Å². The normalized spacial score (nSPS) is 10.2. The van der Waals surface area contributed by atoms with Crippen molar-refractivity contribution >= 4 is 5.57 Å². The minimum absolute atomic E-state index is 0.116. The zero-order valence-electron chi connectivity index (χ0n) is 18.8. The molecule has 3 nitrogen and oxygen atoms in total. The lowest BCUT2D eigenvalue weighted by Gasteiger charge is -2.11. The Bertz CT molecular complexity index is 854. The van der Waals surface area contributed by atoms with E-state index in [2.05, 4.69) is 6.92 Å². The molecule has 0 saturated heterocycles. The van der Waals surface area contributed by atoms with Crippen LogP contribution in [0.1, 0.15) is 82.3 Å². The lowest BCUT2D eigenvalue weighted by atomic mass is 9.94. The molecule has 0 bridgehead atoms. The summed E-state index contributed by atoms with van der Waals surface area (Å²) in [5.74, 6) is 0.822. The average molecular weight is 415 g/mol. The van der Waals surface area contributed by atoms with E-state index < -0.39 is 0 Å². The summed E-state index contributed by atoms with van der Waals surface area (Å²) in [5, 5.41) is 18.8. The molecule has 0 atom stereocenters. The van der Waals surface area contributed by atoms with Crippen LogP contribution in [0, 0.1) is 22.7 Å². The van der Waals surface area contributed by atoms with Crippen molar-refractivity contribution in [2.75, 3.05) is 6.61 Å². The summed E-state index contributed by atoms with van der Waals surface area (Å²) >= 11 is 0. The molecule has 0 aliphatic carbocycles. The molecule has 2 rings (SSSR count). The number of nitriles is 2. The maximum Gasteiger partial charge on any atom is 0.138 e. The van der Waals surface area contributed by atoms with Crippen LogP contribution in [0.4, 0.5) is 0 Å². The van der Waals surface area contributed by atoms with Crippen molar-refractivity contribution in [1.29, 1.82) is 10.5 Å². The molecule has 0 aliphatic heterocycles. The van der Waals surface area contributed by atoms with E-state index in [1.54, 1.807) is 0 Å². The van der Waals surface area contributed by atoms with E-state index >= 15 is 0 Å². The van der Waals surface area contributed by atoms with Crippen LogP contribution < -0.4 is 4.74 Å². The van der Waals surface area contributed by atoms with Gasteiger partial charge in [0.1, 0.15) is 23.5 Å². The molecule has 3 heteroatoms. The van der Waals surface area contributed by atoms with Gasteiger partial charge in [-0.2, -0.15) is 10.5 Å². The third-order valence-corrected chi connectivity index (χ3v) is 5.45. The Morgan fingerprint density at radius 1 is 0.677 bits per heavy atom. The molecule has 0 fully saturated rings. The van der Waals surface area contributed by atoms with Gasteiger partial charge in [-0.25, -0.2) is 0 Å². The molecule has 0 N–H and O–H groups in total. The van der Waals surface area contributed by atoms with E-state index in [-0.39, 0.29) is 5.57 Å². The topological polar surface area (TPSA) is 56.8 Å². The molecule has 0 unspecified atom stereocenters. The molecular formula is C28H34N2O. The third kappa shape index (κ3) is 8.69. The quantitative estimate of drug-likeness (QED) is 0.234. The molecule has 162 valence electrons. The number of rotatable bonds is 14. The van der Waals surface area contributed by atoms with Gasteiger partial charge >= 0.3 is 0 Å². The van der Waals surface area contributed by atoms with Gasteiger partial charge in [0.15, 0.2) is 0 Å². The minimum Gasteiger partial charge on any atom is -0.494 e. The Morgan fingerprint density at radius 3 is 1.74 bits per heavy atom. The van der Waals surface area contributed by atoms with E-state index in [1.807, 2.05) is 66.7 Å². The lowest BCUT2D eigenvalue weighted by molar-refractivity contribution is 0.304. The Morgan fingerprint density at radius 2 is 1.19 bits per heavy atom. The summed E-state index contributed by atoms with van der Waals surface area (Å²) in [6.07, 6.45) is 13.1. The van der Waals surface area contributed by atoms with Crippen LogP contribution in [0.2, 0.25) is 0 Å². The summed E-state index contributed by atoms with van der Waals surface area (Å²) in [6.45, 7) is 2.98. The van der Waals surface area contributed by atoms with Crippen LogP contribution >= 0.6 is 0 Å². The van der Waals surface area contributed by atoms with E-state index in [1.165, 1.54) is 57.8 Å². The number of ether oxygens (including phenoxy) is 1. The zero-order valence-corrected chi connectivity index (χ0v) is 18.8. The predicted molar refractivity (Wildman–Crippen MR) is 127 cm³/mol. The van der Waals surface area contributed by atoms with Gasteiger partial charge in [-0.3, -0.25) is 0 Å². The molecule has 31 heavy (non-hydrogen) atoms. The highest BCUT2D eigenvalue weighted by molar-refractivity contribution is 5.86. The minimum atomic E-state index is 0.116. The molecule has 2 aromatic rings. The van der Waals surface area contributed by atoms with Crippen molar-refractivity contribution in [3.05, 3.63) is 71.3 Å². The molecule has 0 aromatic heterocycles. The Labute approximate surface area is 188 Å². The molecule has 0 radical (unpaired) electrons. The molecule has 0 heterocycles. The summed E-state index contributed by atoms with van der Waals surface area (Å²) in [7, 11) is 0. The number of nitrogens with zero attached hydrogens (tertiary/aromatic N) is 2. The first-order valence-electron chi connectivity index (χ1n) is 11.6. The van der Waals surface area contributed by atoms with Gasteiger partial charge in [-0.05, 0) is 29.7 Å². The standard InChI is InChI=1S/C28H34N2O/c1-2-3-4-5-6-7-8-9-10-14-21-31-27-19-17-25(18-20-27)28(26(22-29)23-30)24-15-12-11-13-16-24/h11-13,15-20H,2-10,14,21H2,1H3. The number of unbranched alkanes of at least 4 members (excludes halogenated alkanes) is 9. The molecule has 0 saturated carbocycles. The van der Waals surface area contributed by atoms with E-state index in [0.29, 0.717) is 5.57 Å². The van der Waals surface area contributed by atoms with Gasteiger partial charge in [-0.15, -0.1) is 0 Å². The number of hydrogen-bond acceptors (Lipinski definition) is 3. The SMILES string of the molecule is CCCCCCCCCCCCOc1ccc(C(=C(C#N)C#N)c2ccccc2)cc1. The van der Waals surface area contributed by atoms with Gasteiger partial charge in [0.05, 0.1) is 6.61 Å². The summed E-state index contributed by atoms with van der Waals surface area (Å²) in [4.78, 5) is 0. The molecule has 0 aliphatic rings. The van der Waals surface area contributed by atoms with Gasteiger partial charge in [-0.1, -0.05) is 107 Å². The van der Waals surface area contributed by atoms with Gasteiger partial charge in [0, 0.05) is 5.57 Å². The number of benzene rings is 2. The first-order valence-corrected chi connectivity index (χ1v) is 11.6. The molecule has 0 spiro atoms. The van der Waals surface area contributed by atoms with Crippen molar-refractivity contribution < 1.29 is 4.74 Å². The zero-order chi connectivity index (χ0) is 22.2. The largest absolute Gasteiger partial charge is 0.494 e. The fraction of sp³-hybridized carbons (Fsp3) is 0.429. The summed E-state index contributed by atoms with van der Waals surface area (Å²) in [6, 6.07) is 21.3. The van der Waals surface area contributed by atoms with Gasteiger partial charge in [0.2, 0.25) is 0 Å². The predicted octanol–water partition coefficient (Wildman–Crippen LogP) is 7.84. The summed E-state index contributed by atoms with van der Waals surface area (Å²) < 4.78 is 5.89. The van der Waals surface area contributed by atoms with Crippen molar-refractivity contribution in [3.63, 3.8) is 0 Å².